The molecule has 2 rings (SSSR count). The Morgan fingerprint density at radius 1 is 1.31 bits per heavy atom. The summed E-state index contributed by atoms with van der Waals surface area (Å²) in [5, 5.41) is 0. The van der Waals surface area contributed by atoms with Crippen LogP contribution < -0.4 is 0 Å². The molecule has 0 radical (unpaired) electrons. The molecule has 16 heavy (non-hydrogen) atoms. The number of rotatable bonds is 4. The van der Waals surface area contributed by atoms with E-state index in [1.165, 1.54) is 16.7 Å². The van der Waals surface area contributed by atoms with Crippen molar-refractivity contribution in [2.45, 2.75) is 19.0 Å². The zero-order valence-electron chi connectivity index (χ0n) is 9.03. The third-order valence-corrected chi connectivity index (χ3v) is 4.99. The lowest BCUT2D eigenvalue weighted by Gasteiger charge is -2.39. The number of hydrogen-bond donors (Lipinski definition) is 0. The third kappa shape index (κ3) is 2.52. The molecule has 1 unspecified atom stereocenters. The van der Waals surface area contributed by atoms with Gasteiger partial charge in [-0.05, 0) is 32.2 Å². The highest BCUT2D eigenvalue weighted by molar-refractivity contribution is 14.2. The molecule has 1 nitrogen and oxygen atoms in total. The smallest absolute Gasteiger partial charge is 0.0499 e. The first-order chi connectivity index (χ1) is 7.72. The van der Waals surface area contributed by atoms with Gasteiger partial charge in [0.1, 0.15) is 0 Å². The van der Waals surface area contributed by atoms with Crippen molar-refractivity contribution in [2.24, 2.45) is 0 Å². The minimum Gasteiger partial charge on any atom is -0.229 e. The van der Waals surface area contributed by atoms with Crippen LogP contribution in [0.4, 0.5) is 0 Å². The van der Waals surface area contributed by atoms with Crippen molar-refractivity contribution in [1.82, 2.24) is 4.31 Å². The minimum absolute atomic E-state index is 0.467. The van der Waals surface area contributed by atoms with E-state index < -0.39 is 0 Å². The van der Waals surface area contributed by atoms with Gasteiger partial charge in [0, 0.05) is 33.8 Å². The second-order valence-electron chi connectivity index (χ2n) is 3.98. The molecule has 1 aliphatic rings. The molecule has 0 aliphatic heterocycles. The molecule has 0 N–H and O–H groups in total. The molecule has 1 aromatic rings. The van der Waals surface area contributed by atoms with E-state index in [0.29, 0.717) is 6.04 Å². The number of benzene rings is 1. The maximum absolute atomic E-state index is 4.08. The first-order valence-electron chi connectivity index (χ1n) is 5.18. The van der Waals surface area contributed by atoms with Gasteiger partial charge in [-0.3, -0.25) is 0 Å². The quantitative estimate of drug-likeness (QED) is 0.590. The summed E-state index contributed by atoms with van der Waals surface area (Å²) in [6.45, 7) is 9.02. The molecule has 1 atom stereocenters. The highest BCUT2D eigenvalue weighted by Crippen LogP contribution is 2.40. The van der Waals surface area contributed by atoms with Gasteiger partial charge < -0.3 is 0 Å². The summed E-state index contributed by atoms with van der Waals surface area (Å²) >= 11 is 2.34. The SMILES string of the molecule is C=C1CC(N(Cc2ccccc2)SI)C1=C. The lowest BCUT2D eigenvalue weighted by molar-refractivity contribution is 0.356. The fraction of sp³-hybridized carbons (Fsp3) is 0.231. The Morgan fingerprint density at radius 2 is 2.00 bits per heavy atom. The fourth-order valence-corrected chi connectivity index (χ4v) is 3.55. The lowest BCUT2D eigenvalue weighted by Crippen LogP contribution is -2.37. The minimum atomic E-state index is 0.467. The van der Waals surface area contributed by atoms with E-state index in [0.717, 1.165) is 13.0 Å². The summed E-state index contributed by atoms with van der Waals surface area (Å²) in [5.74, 6) is 0. The van der Waals surface area contributed by atoms with Gasteiger partial charge in [0.2, 0.25) is 0 Å². The molecule has 84 valence electrons. The van der Waals surface area contributed by atoms with Crippen molar-refractivity contribution < 1.29 is 0 Å². The van der Waals surface area contributed by atoms with Crippen molar-refractivity contribution in [3.63, 3.8) is 0 Å². The Balaban J connectivity index is 2.02. The van der Waals surface area contributed by atoms with E-state index in [2.05, 4.69) is 69.0 Å². The average molecular weight is 343 g/mol. The maximum atomic E-state index is 4.08. The summed E-state index contributed by atoms with van der Waals surface area (Å²) in [6.07, 6.45) is 1.06. The van der Waals surface area contributed by atoms with E-state index in [1.54, 1.807) is 9.12 Å². The Bertz CT molecular complexity index is 402. The van der Waals surface area contributed by atoms with Crippen LogP contribution >= 0.6 is 30.3 Å². The first kappa shape index (κ1) is 12.2. The summed E-state index contributed by atoms with van der Waals surface area (Å²) in [7, 11) is 1.76. The molecule has 0 aromatic heterocycles. The van der Waals surface area contributed by atoms with Gasteiger partial charge in [0.05, 0.1) is 0 Å². The Hall–Kier alpha value is -0.260. The Labute approximate surface area is 113 Å². The van der Waals surface area contributed by atoms with Crippen LogP contribution in [0.1, 0.15) is 12.0 Å². The molecule has 0 saturated heterocycles. The van der Waals surface area contributed by atoms with Gasteiger partial charge >= 0.3 is 0 Å². The van der Waals surface area contributed by atoms with Gasteiger partial charge in [0.15, 0.2) is 0 Å². The first-order valence-corrected chi connectivity index (χ1v) is 8.50. The lowest BCUT2D eigenvalue weighted by atomic mass is 9.82. The molecular weight excluding hydrogens is 329 g/mol. The molecule has 1 aromatic carbocycles. The van der Waals surface area contributed by atoms with Gasteiger partial charge in [-0.1, -0.05) is 43.5 Å². The number of hydrogen-bond acceptors (Lipinski definition) is 2. The van der Waals surface area contributed by atoms with Crippen molar-refractivity contribution in [2.75, 3.05) is 0 Å². The third-order valence-electron chi connectivity index (χ3n) is 2.91. The van der Waals surface area contributed by atoms with Crippen LogP contribution in [0.25, 0.3) is 0 Å². The highest BCUT2D eigenvalue weighted by Gasteiger charge is 2.31. The summed E-state index contributed by atoms with van der Waals surface area (Å²) < 4.78 is 2.37. The predicted molar refractivity (Wildman–Crippen MR) is 80.3 cm³/mol. The summed E-state index contributed by atoms with van der Waals surface area (Å²) in [6, 6.07) is 11.0. The van der Waals surface area contributed by atoms with E-state index in [-0.39, 0.29) is 0 Å². The van der Waals surface area contributed by atoms with Crippen LogP contribution in [0.15, 0.2) is 54.6 Å². The van der Waals surface area contributed by atoms with Gasteiger partial charge in [-0.25, -0.2) is 4.31 Å². The summed E-state index contributed by atoms with van der Waals surface area (Å²) in [4.78, 5) is 0. The molecule has 0 bridgehead atoms. The van der Waals surface area contributed by atoms with Crippen LogP contribution in [0.3, 0.4) is 0 Å². The molecular formula is C13H14INS. The Kier molecular flexibility index (Phi) is 4.10. The zero-order chi connectivity index (χ0) is 11.5. The molecule has 0 spiro atoms. The van der Waals surface area contributed by atoms with Gasteiger partial charge in [0.25, 0.3) is 0 Å². The maximum Gasteiger partial charge on any atom is 0.0499 e. The Morgan fingerprint density at radius 3 is 2.50 bits per heavy atom. The van der Waals surface area contributed by atoms with Gasteiger partial charge in [-0.15, -0.1) is 0 Å². The largest absolute Gasteiger partial charge is 0.229 e. The van der Waals surface area contributed by atoms with Crippen LogP contribution in [-0.4, -0.2) is 10.3 Å². The van der Waals surface area contributed by atoms with Crippen molar-refractivity contribution in [1.29, 1.82) is 0 Å². The van der Waals surface area contributed by atoms with E-state index >= 15 is 0 Å². The molecule has 0 amide bonds. The summed E-state index contributed by atoms with van der Waals surface area (Å²) in [5.41, 5.74) is 3.74. The number of halogens is 1. The standard InChI is InChI=1S/C13H14INS/c1-10-8-13(11(10)2)15(16-14)9-12-6-4-3-5-7-12/h3-7,13H,1-2,8-9H2. The second kappa shape index (κ2) is 5.38. The topological polar surface area (TPSA) is 3.24 Å². The normalized spacial score (nSPS) is 20.0. The molecule has 0 heterocycles. The van der Waals surface area contributed by atoms with Crippen molar-refractivity contribution in [3.8, 4) is 0 Å². The van der Waals surface area contributed by atoms with Crippen molar-refractivity contribution in [3.05, 3.63) is 60.2 Å². The van der Waals surface area contributed by atoms with Crippen LogP contribution in [0.5, 0.6) is 0 Å². The van der Waals surface area contributed by atoms with Crippen LogP contribution in [0.2, 0.25) is 0 Å². The number of nitrogens with zero attached hydrogens (tertiary/aromatic N) is 1. The van der Waals surface area contributed by atoms with E-state index in [9.17, 15) is 0 Å². The average Bonchev–Trinajstić information content (AvgIpc) is 2.34. The predicted octanol–water partition coefficient (Wildman–Crippen LogP) is 4.37. The second-order valence-corrected chi connectivity index (χ2v) is 5.77. The molecule has 1 aliphatic carbocycles. The zero-order valence-corrected chi connectivity index (χ0v) is 12.0. The fourth-order valence-electron chi connectivity index (χ4n) is 1.81. The monoisotopic (exact) mass is 343 g/mol. The molecule has 3 heteroatoms. The van der Waals surface area contributed by atoms with Crippen molar-refractivity contribution >= 4 is 30.3 Å². The molecule has 1 saturated carbocycles. The van der Waals surface area contributed by atoms with E-state index in [4.69, 9.17) is 0 Å². The highest BCUT2D eigenvalue weighted by atomic mass is 127. The van der Waals surface area contributed by atoms with Crippen LogP contribution in [0, 0.1) is 0 Å². The van der Waals surface area contributed by atoms with Crippen LogP contribution in [-0.2, 0) is 6.54 Å². The molecule has 1 fully saturated rings. The van der Waals surface area contributed by atoms with E-state index in [1.807, 2.05) is 0 Å². The van der Waals surface area contributed by atoms with Gasteiger partial charge in [-0.2, -0.15) is 0 Å².